The van der Waals surface area contributed by atoms with Crippen LogP contribution in [-0.2, 0) is 0 Å². The zero-order valence-electron chi connectivity index (χ0n) is 13.3. The van der Waals surface area contributed by atoms with Crippen LogP contribution < -0.4 is 9.47 Å². The lowest BCUT2D eigenvalue weighted by Crippen LogP contribution is -1.97. The number of rotatable bonds is 6. The first kappa shape index (κ1) is 15.8. The molecule has 0 unspecified atom stereocenters. The quantitative estimate of drug-likeness (QED) is 0.575. The van der Waals surface area contributed by atoms with Gasteiger partial charge in [-0.25, -0.2) is 0 Å². The van der Waals surface area contributed by atoms with E-state index in [9.17, 15) is 0 Å². The van der Waals surface area contributed by atoms with Gasteiger partial charge in [-0.15, -0.1) is 0 Å². The summed E-state index contributed by atoms with van der Waals surface area (Å²) in [5.41, 5.74) is 4.37. The number of methoxy groups -OCH3 is 1. The lowest BCUT2D eigenvalue weighted by atomic mass is 10.1. The van der Waals surface area contributed by atoms with Gasteiger partial charge in [-0.2, -0.15) is 0 Å². The van der Waals surface area contributed by atoms with Gasteiger partial charge in [0.2, 0.25) is 0 Å². The van der Waals surface area contributed by atoms with Gasteiger partial charge in [-0.1, -0.05) is 24.8 Å². The molecular formula is C19H21NO2. The Kier molecular flexibility index (Phi) is 5.37. The molecule has 0 saturated carbocycles. The van der Waals surface area contributed by atoms with Crippen molar-refractivity contribution in [3.8, 4) is 11.5 Å². The summed E-state index contributed by atoms with van der Waals surface area (Å²) < 4.78 is 10.9. The summed E-state index contributed by atoms with van der Waals surface area (Å²) in [4.78, 5) is 4.57. The molecule has 0 spiro atoms. The van der Waals surface area contributed by atoms with E-state index in [1.807, 2.05) is 36.5 Å². The third kappa shape index (κ3) is 3.76. The lowest BCUT2D eigenvalue weighted by molar-refractivity contribution is 0.326. The Morgan fingerprint density at radius 2 is 1.95 bits per heavy atom. The molecule has 2 aromatic rings. The van der Waals surface area contributed by atoms with Crippen LogP contribution in [0.25, 0.3) is 0 Å². The number of hydrogen-bond donors (Lipinski definition) is 0. The molecular weight excluding hydrogens is 274 g/mol. The Labute approximate surface area is 131 Å². The normalized spacial score (nSPS) is 10.7. The molecule has 3 nitrogen and oxygen atoms in total. The highest BCUT2D eigenvalue weighted by molar-refractivity contribution is 5.83. The average molecular weight is 295 g/mol. The number of ether oxygens (including phenoxy) is 2. The second-order valence-corrected chi connectivity index (χ2v) is 4.99. The number of hydrogen-bond acceptors (Lipinski definition) is 3. The minimum absolute atomic E-state index is 0.451. The van der Waals surface area contributed by atoms with Gasteiger partial charge in [0.15, 0.2) is 11.5 Å². The Hall–Kier alpha value is -2.55. The molecule has 3 heteroatoms. The van der Waals surface area contributed by atoms with E-state index in [1.54, 1.807) is 13.2 Å². The molecule has 0 amide bonds. The van der Waals surface area contributed by atoms with Crippen molar-refractivity contribution in [3.05, 3.63) is 65.7 Å². The Morgan fingerprint density at radius 1 is 1.14 bits per heavy atom. The molecule has 0 heterocycles. The van der Waals surface area contributed by atoms with Gasteiger partial charge < -0.3 is 9.47 Å². The molecule has 2 rings (SSSR count). The molecule has 22 heavy (non-hydrogen) atoms. The first-order chi connectivity index (χ1) is 10.7. The Balaban J connectivity index is 2.24. The topological polar surface area (TPSA) is 30.8 Å². The molecule has 0 fully saturated rings. The molecule has 0 bridgehead atoms. The van der Waals surface area contributed by atoms with Gasteiger partial charge >= 0.3 is 0 Å². The van der Waals surface area contributed by atoms with Crippen LogP contribution in [0.4, 0.5) is 5.69 Å². The maximum absolute atomic E-state index is 5.54. The highest BCUT2D eigenvalue weighted by atomic mass is 16.5. The van der Waals surface area contributed by atoms with E-state index in [-0.39, 0.29) is 0 Å². The van der Waals surface area contributed by atoms with Gasteiger partial charge in [0, 0.05) is 6.21 Å². The first-order valence-corrected chi connectivity index (χ1v) is 7.17. The molecule has 0 radical (unpaired) electrons. The first-order valence-electron chi connectivity index (χ1n) is 7.17. The van der Waals surface area contributed by atoms with E-state index in [0.717, 1.165) is 11.3 Å². The molecule has 0 aromatic heterocycles. The molecule has 0 N–H and O–H groups in total. The van der Waals surface area contributed by atoms with Crippen molar-refractivity contribution in [2.75, 3.05) is 13.7 Å². The van der Waals surface area contributed by atoms with Crippen molar-refractivity contribution < 1.29 is 9.47 Å². The molecule has 0 aliphatic rings. The van der Waals surface area contributed by atoms with Crippen molar-refractivity contribution in [3.63, 3.8) is 0 Å². The fourth-order valence-electron chi connectivity index (χ4n) is 2.05. The fourth-order valence-corrected chi connectivity index (χ4v) is 2.05. The van der Waals surface area contributed by atoms with Crippen molar-refractivity contribution >= 4 is 11.9 Å². The maximum atomic E-state index is 5.54. The van der Waals surface area contributed by atoms with E-state index in [2.05, 4.69) is 31.5 Å². The third-order valence-electron chi connectivity index (χ3n) is 3.47. The fraction of sp³-hybridized carbons (Fsp3) is 0.211. The zero-order valence-corrected chi connectivity index (χ0v) is 13.3. The van der Waals surface area contributed by atoms with Crippen LogP contribution in [0.3, 0.4) is 0 Å². The zero-order chi connectivity index (χ0) is 15.9. The standard InChI is InChI=1S/C19H21NO2/c1-5-11-22-18-10-9-16(12-19(18)21-4)13-20-17-8-6-7-14(2)15(17)3/h5-10,12-13H,1,11H2,2-4H3. The van der Waals surface area contributed by atoms with Crippen LogP contribution in [-0.4, -0.2) is 19.9 Å². The van der Waals surface area contributed by atoms with Gasteiger partial charge in [0.05, 0.1) is 12.8 Å². The van der Waals surface area contributed by atoms with Gasteiger partial charge in [0.25, 0.3) is 0 Å². The average Bonchev–Trinajstić information content (AvgIpc) is 2.54. The lowest BCUT2D eigenvalue weighted by Gasteiger charge is -2.09. The molecule has 2 aromatic carbocycles. The summed E-state index contributed by atoms with van der Waals surface area (Å²) >= 11 is 0. The predicted octanol–water partition coefficient (Wildman–Crippen LogP) is 4.63. The monoisotopic (exact) mass is 295 g/mol. The van der Waals surface area contributed by atoms with E-state index in [0.29, 0.717) is 18.1 Å². The number of benzene rings is 2. The van der Waals surface area contributed by atoms with E-state index >= 15 is 0 Å². The molecule has 0 saturated heterocycles. The molecule has 0 aliphatic heterocycles. The van der Waals surface area contributed by atoms with E-state index in [4.69, 9.17) is 9.47 Å². The van der Waals surface area contributed by atoms with Crippen LogP contribution in [0.5, 0.6) is 11.5 Å². The summed E-state index contributed by atoms with van der Waals surface area (Å²) in [6.45, 7) is 8.26. The highest BCUT2D eigenvalue weighted by Gasteiger charge is 2.04. The molecule has 114 valence electrons. The number of aryl methyl sites for hydroxylation is 1. The summed E-state index contributed by atoms with van der Waals surface area (Å²) in [5, 5.41) is 0. The highest BCUT2D eigenvalue weighted by Crippen LogP contribution is 2.28. The van der Waals surface area contributed by atoms with Crippen LogP contribution in [0.2, 0.25) is 0 Å². The Bertz CT molecular complexity index is 690. The van der Waals surface area contributed by atoms with Crippen LogP contribution >= 0.6 is 0 Å². The van der Waals surface area contributed by atoms with Crippen molar-refractivity contribution in [2.45, 2.75) is 13.8 Å². The summed E-state index contributed by atoms with van der Waals surface area (Å²) in [7, 11) is 1.63. The second kappa shape index (κ2) is 7.46. The summed E-state index contributed by atoms with van der Waals surface area (Å²) in [6.07, 6.45) is 3.54. The largest absolute Gasteiger partial charge is 0.493 e. The van der Waals surface area contributed by atoms with Crippen LogP contribution in [0.15, 0.2) is 54.0 Å². The molecule has 0 aliphatic carbocycles. The molecule has 0 atom stereocenters. The van der Waals surface area contributed by atoms with Crippen LogP contribution in [0.1, 0.15) is 16.7 Å². The van der Waals surface area contributed by atoms with E-state index in [1.165, 1.54) is 11.1 Å². The summed E-state index contributed by atoms with van der Waals surface area (Å²) in [5.74, 6) is 1.39. The minimum atomic E-state index is 0.451. The van der Waals surface area contributed by atoms with Gasteiger partial charge in [0.1, 0.15) is 6.61 Å². The predicted molar refractivity (Wildman–Crippen MR) is 91.9 cm³/mol. The third-order valence-corrected chi connectivity index (χ3v) is 3.47. The Morgan fingerprint density at radius 3 is 2.68 bits per heavy atom. The van der Waals surface area contributed by atoms with Crippen molar-refractivity contribution in [1.29, 1.82) is 0 Å². The van der Waals surface area contributed by atoms with Crippen molar-refractivity contribution in [1.82, 2.24) is 0 Å². The smallest absolute Gasteiger partial charge is 0.161 e. The number of nitrogens with zero attached hydrogens (tertiary/aromatic N) is 1. The summed E-state index contributed by atoms with van der Waals surface area (Å²) in [6, 6.07) is 11.9. The SMILES string of the molecule is C=CCOc1ccc(C=Nc2cccc(C)c2C)cc1OC. The van der Waals surface area contributed by atoms with Gasteiger partial charge in [-0.3, -0.25) is 4.99 Å². The van der Waals surface area contributed by atoms with Crippen LogP contribution in [0, 0.1) is 13.8 Å². The van der Waals surface area contributed by atoms with Crippen molar-refractivity contribution in [2.24, 2.45) is 4.99 Å². The maximum Gasteiger partial charge on any atom is 0.161 e. The minimum Gasteiger partial charge on any atom is -0.493 e. The van der Waals surface area contributed by atoms with Gasteiger partial charge in [-0.05, 0) is 54.8 Å². The number of aliphatic imine (C=N–C) groups is 1. The second-order valence-electron chi connectivity index (χ2n) is 4.99. The van der Waals surface area contributed by atoms with E-state index < -0.39 is 0 Å².